The zero-order valence-electron chi connectivity index (χ0n) is 8.37. The van der Waals surface area contributed by atoms with Crippen molar-refractivity contribution in [3.05, 3.63) is 30.3 Å². The highest BCUT2D eigenvalue weighted by Gasteiger charge is 2.43. The van der Waals surface area contributed by atoms with Crippen molar-refractivity contribution < 1.29 is 4.52 Å². The first-order chi connectivity index (χ1) is 7.88. The van der Waals surface area contributed by atoms with Crippen LogP contribution in [-0.4, -0.2) is 15.1 Å². The summed E-state index contributed by atoms with van der Waals surface area (Å²) < 4.78 is 5.12. The number of hydrogen-bond acceptors (Lipinski definition) is 5. The van der Waals surface area contributed by atoms with Gasteiger partial charge < -0.3 is 4.52 Å². The van der Waals surface area contributed by atoms with E-state index in [1.807, 2.05) is 18.2 Å². The lowest BCUT2D eigenvalue weighted by Gasteiger charge is -1.89. The largest absolute Gasteiger partial charge is 0.339 e. The van der Waals surface area contributed by atoms with E-state index in [2.05, 4.69) is 21.2 Å². The topological polar surface area (TPSA) is 75.6 Å². The molecule has 5 heteroatoms. The lowest BCUT2D eigenvalue weighted by molar-refractivity contribution is 0.378. The Bertz CT molecular complexity index is 543. The smallest absolute Gasteiger partial charge is 0.231 e. The van der Waals surface area contributed by atoms with E-state index < -0.39 is 0 Å². The highest BCUT2D eigenvalue weighted by molar-refractivity contribution is 5.47. The molecule has 1 fully saturated rings. The van der Waals surface area contributed by atoms with Crippen molar-refractivity contribution in [1.29, 1.82) is 5.26 Å². The van der Waals surface area contributed by atoms with E-state index in [4.69, 9.17) is 9.78 Å². The second kappa shape index (κ2) is 3.42. The fraction of sp³-hybridized carbons (Fsp3) is 0.273. The van der Waals surface area contributed by atoms with Crippen molar-refractivity contribution in [2.24, 2.45) is 5.92 Å². The van der Waals surface area contributed by atoms with Crippen molar-refractivity contribution in [3.8, 4) is 17.6 Å². The first kappa shape index (κ1) is 9.04. The number of nitriles is 1. The quantitative estimate of drug-likeness (QED) is 0.758. The third-order valence-corrected chi connectivity index (χ3v) is 2.61. The first-order valence-corrected chi connectivity index (χ1v) is 5.03. The summed E-state index contributed by atoms with van der Waals surface area (Å²) in [7, 11) is 0. The lowest BCUT2D eigenvalue weighted by atomic mass is 10.3. The number of hydrogen-bond donors (Lipinski definition) is 0. The number of aromatic nitrogens is 3. The van der Waals surface area contributed by atoms with Crippen molar-refractivity contribution in [3.63, 3.8) is 0 Å². The van der Waals surface area contributed by atoms with Crippen molar-refractivity contribution in [2.45, 2.75) is 12.3 Å². The predicted molar refractivity (Wildman–Crippen MR) is 54.0 cm³/mol. The summed E-state index contributed by atoms with van der Waals surface area (Å²) in [6.45, 7) is 0. The molecule has 0 aliphatic heterocycles. The fourth-order valence-corrected chi connectivity index (χ4v) is 1.60. The van der Waals surface area contributed by atoms with Crippen LogP contribution in [-0.2, 0) is 0 Å². The molecule has 3 rings (SSSR count). The monoisotopic (exact) mass is 212 g/mol. The van der Waals surface area contributed by atoms with Gasteiger partial charge in [0.2, 0.25) is 11.7 Å². The Morgan fingerprint density at radius 3 is 3.06 bits per heavy atom. The highest BCUT2D eigenvalue weighted by Crippen LogP contribution is 2.46. The van der Waals surface area contributed by atoms with Gasteiger partial charge in [0.25, 0.3) is 0 Å². The van der Waals surface area contributed by atoms with Gasteiger partial charge >= 0.3 is 0 Å². The molecule has 0 aromatic carbocycles. The van der Waals surface area contributed by atoms with Crippen LogP contribution in [0.2, 0.25) is 0 Å². The molecular formula is C11H8N4O. The summed E-state index contributed by atoms with van der Waals surface area (Å²) in [6, 6.07) is 7.71. The molecule has 1 aliphatic carbocycles. The number of rotatable bonds is 2. The Labute approximate surface area is 91.7 Å². The van der Waals surface area contributed by atoms with E-state index in [-0.39, 0.29) is 11.8 Å². The summed E-state index contributed by atoms with van der Waals surface area (Å²) in [5.41, 5.74) is 0.687. The summed E-state index contributed by atoms with van der Waals surface area (Å²) in [4.78, 5) is 8.38. The Hall–Kier alpha value is -2.22. The molecule has 0 amide bonds. The van der Waals surface area contributed by atoms with Gasteiger partial charge in [-0.25, -0.2) is 0 Å². The molecule has 5 nitrogen and oxygen atoms in total. The Morgan fingerprint density at radius 1 is 1.44 bits per heavy atom. The molecule has 2 atom stereocenters. The molecule has 1 saturated carbocycles. The van der Waals surface area contributed by atoms with Crippen molar-refractivity contribution in [1.82, 2.24) is 15.1 Å². The average Bonchev–Trinajstić information content (AvgIpc) is 2.98. The summed E-state index contributed by atoms with van der Waals surface area (Å²) in [5.74, 6) is 1.19. The molecule has 0 saturated heterocycles. The third kappa shape index (κ3) is 1.44. The van der Waals surface area contributed by atoms with Gasteiger partial charge in [-0.15, -0.1) is 0 Å². The second-order valence-corrected chi connectivity index (χ2v) is 3.75. The minimum atomic E-state index is 0.0389. The van der Waals surface area contributed by atoms with Crippen LogP contribution < -0.4 is 0 Å². The Morgan fingerprint density at radius 2 is 2.38 bits per heavy atom. The van der Waals surface area contributed by atoms with Crippen LogP contribution in [0.3, 0.4) is 0 Å². The van der Waals surface area contributed by atoms with Gasteiger partial charge in [0.1, 0.15) is 5.69 Å². The second-order valence-electron chi connectivity index (χ2n) is 3.75. The van der Waals surface area contributed by atoms with Crippen molar-refractivity contribution >= 4 is 0 Å². The maximum atomic E-state index is 8.71. The van der Waals surface area contributed by atoms with Crippen LogP contribution in [0.5, 0.6) is 0 Å². The molecule has 0 radical (unpaired) electrons. The third-order valence-electron chi connectivity index (χ3n) is 2.61. The molecule has 0 spiro atoms. The van der Waals surface area contributed by atoms with Crippen LogP contribution in [0.4, 0.5) is 0 Å². The van der Waals surface area contributed by atoms with E-state index in [0.29, 0.717) is 17.4 Å². The molecule has 2 aromatic heterocycles. The molecular weight excluding hydrogens is 204 g/mol. The minimum Gasteiger partial charge on any atom is -0.339 e. The van der Waals surface area contributed by atoms with Gasteiger partial charge in [0, 0.05) is 6.20 Å². The summed E-state index contributed by atoms with van der Waals surface area (Å²) >= 11 is 0. The van der Waals surface area contributed by atoms with Gasteiger partial charge in [-0.3, -0.25) is 4.98 Å². The lowest BCUT2D eigenvalue weighted by Crippen LogP contribution is -1.85. The fourth-order valence-electron chi connectivity index (χ4n) is 1.60. The molecule has 0 bridgehead atoms. The summed E-state index contributed by atoms with van der Waals surface area (Å²) in [6.07, 6.45) is 2.50. The Kier molecular flexibility index (Phi) is 1.93. The van der Waals surface area contributed by atoms with Crippen LogP contribution in [0.15, 0.2) is 28.9 Å². The average molecular weight is 212 g/mol. The van der Waals surface area contributed by atoms with Crippen LogP contribution >= 0.6 is 0 Å². The van der Waals surface area contributed by atoms with Crippen molar-refractivity contribution in [2.75, 3.05) is 0 Å². The molecule has 2 heterocycles. The molecule has 0 N–H and O–H groups in total. The van der Waals surface area contributed by atoms with E-state index >= 15 is 0 Å². The standard InChI is InChI=1S/C11H8N4O/c12-6-7-5-8(7)11-14-10(15-16-11)9-3-1-2-4-13-9/h1-4,7-8H,5H2. The summed E-state index contributed by atoms with van der Waals surface area (Å²) in [5, 5.41) is 12.6. The maximum Gasteiger partial charge on any atom is 0.231 e. The molecule has 16 heavy (non-hydrogen) atoms. The zero-order valence-corrected chi connectivity index (χ0v) is 8.37. The highest BCUT2D eigenvalue weighted by atomic mass is 16.5. The van der Waals surface area contributed by atoms with Gasteiger partial charge in [0.05, 0.1) is 17.9 Å². The molecule has 2 aromatic rings. The number of nitrogens with zero attached hydrogens (tertiary/aromatic N) is 4. The zero-order chi connectivity index (χ0) is 11.0. The number of pyridine rings is 1. The van der Waals surface area contributed by atoms with Crippen LogP contribution in [0, 0.1) is 17.2 Å². The maximum absolute atomic E-state index is 8.71. The minimum absolute atomic E-state index is 0.0389. The van der Waals surface area contributed by atoms with Gasteiger partial charge in [-0.2, -0.15) is 10.2 Å². The van der Waals surface area contributed by atoms with E-state index in [1.165, 1.54) is 0 Å². The molecule has 1 aliphatic rings. The normalized spacial score (nSPS) is 22.7. The van der Waals surface area contributed by atoms with Gasteiger partial charge in [0.15, 0.2) is 0 Å². The molecule has 2 unspecified atom stereocenters. The van der Waals surface area contributed by atoms with E-state index in [9.17, 15) is 0 Å². The first-order valence-electron chi connectivity index (χ1n) is 5.03. The SMILES string of the molecule is N#CC1CC1c1nc(-c2ccccn2)no1. The van der Waals surface area contributed by atoms with E-state index in [0.717, 1.165) is 6.42 Å². The molecule has 78 valence electrons. The van der Waals surface area contributed by atoms with Gasteiger partial charge in [-0.05, 0) is 18.6 Å². The van der Waals surface area contributed by atoms with Gasteiger partial charge in [-0.1, -0.05) is 11.2 Å². The van der Waals surface area contributed by atoms with Crippen LogP contribution in [0.25, 0.3) is 11.5 Å². The van der Waals surface area contributed by atoms with Crippen LogP contribution in [0.1, 0.15) is 18.2 Å². The van der Waals surface area contributed by atoms with E-state index in [1.54, 1.807) is 6.20 Å². The predicted octanol–water partition coefficient (Wildman–Crippen LogP) is 1.76. The Balaban J connectivity index is 1.87.